The summed E-state index contributed by atoms with van der Waals surface area (Å²) in [7, 11) is 0. The molecule has 0 bridgehead atoms. The van der Waals surface area contributed by atoms with Gasteiger partial charge < -0.3 is 15.8 Å². The Balaban J connectivity index is 1.97. The first-order valence-corrected chi connectivity index (χ1v) is 7.47. The predicted molar refractivity (Wildman–Crippen MR) is 81.6 cm³/mol. The van der Waals surface area contributed by atoms with E-state index >= 15 is 0 Å². The van der Waals surface area contributed by atoms with Crippen molar-refractivity contribution in [1.82, 2.24) is 0 Å². The number of rotatable bonds is 5. The molecule has 0 aromatic heterocycles. The van der Waals surface area contributed by atoms with Crippen molar-refractivity contribution in [3.63, 3.8) is 0 Å². The Morgan fingerprint density at radius 3 is 2.84 bits per heavy atom. The highest BCUT2D eigenvalue weighted by molar-refractivity contribution is 5.72. The van der Waals surface area contributed by atoms with E-state index in [4.69, 9.17) is 10.5 Å². The van der Waals surface area contributed by atoms with Gasteiger partial charge in [0.1, 0.15) is 5.75 Å². The van der Waals surface area contributed by atoms with E-state index < -0.39 is 0 Å². The molecule has 2 unspecified atom stereocenters. The zero-order valence-corrected chi connectivity index (χ0v) is 12.1. The van der Waals surface area contributed by atoms with Crippen LogP contribution in [0.25, 0.3) is 0 Å². The van der Waals surface area contributed by atoms with E-state index in [-0.39, 0.29) is 0 Å². The van der Waals surface area contributed by atoms with Gasteiger partial charge in [-0.15, -0.1) is 0 Å². The molecule has 0 radical (unpaired) electrons. The van der Waals surface area contributed by atoms with Crippen molar-refractivity contribution in [2.45, 2.75) is 39.5 Å². The summed E-state index contributed by atoms with van der Waals surface area (Å²) in [5, 5.41) is 3.51. The molecule has 1 aliphatic rings. The summed E-state index contributed by atoms with van der Waals surface area (Å²) in [4.78, 5) is 0. The molecule has 1 aromatic carbocycles. The molecule has 3 nitrogen and oxygen atoms in total. The second-order valence-corrected chi connectivity index (χ2v) is 5.55. The number of benzene rings is 1. The van der Waals surface area contributed by atoms with Crippen LogP contribution < -0.4 is 15.8 Å². The molecule has 0 heterocycles. The summed E-state index contributed by atoms with van der Waals surface area (Å²) < 4.78 is 5.53. The number of hydrogen-bond acceptors (Lipinski definition) is 3. The van der Waals surface area contributed by atoms with E-state index in [0.717, 1.165) is 35.5 Å². The second kappa shape index (κ2) is 6.69. The molecule has 3 N–H and O–H groups in total. The van der Waals surface area contributed by atoms with Gasteiger partial charge in [0.15, 0.2) is 0 Å². The number of anilines is 2. The third-order valence-corrected chi connectivity index (χ3v) is 4.21. The number of hydrogen-bond donors (Lipinski definition) is 2. The van der Waals surface area contributed by atoms with Gasteiger partial charge in [0.2, 0.25) is 0 Å². The molecular weight excluding hydrogens is 236 g/mol. The van der Waals surface area contributed by atoms with Crippen molar-refractivity contribution < 1.29 is 4.74 Å². The maximum atomic E-state index is 6.13. The van der Waals surface area contributed by atoms with Gasteiger partial charge >= 0.3 is 0 Å². The minimum absolute atomic E-state index is 0.646. The fourth-order valence-electron chi connectivity index (χ4n) is 2.92. The number of nitrogens with two attached hydrogens (primary N) is 1. The number of para-hydroxylation sites is 1. The lowest BCUT2D eigenvalue weighted by Gasteiger charge is -2.29. The number of ether oxygens (including phenoxy) is 1. The molecule has 1 fully saturated rings. The molecule has 0 spiro atoms. The zero-order valence-electron chi connectivity index (χ0n) is 12.1. The molecule has 0 saturated heterocycles. The molecular formula is C16H26N2O. The third kappa shape index (κ3) is 3.55. The first kappa shape index (κ1) is 14.0. The van der Waals surface area contributed by atoms with Crippen molar-refractivity contribution in [2.24, 2.45) is 11.8 Å². The van der Waals surface area contributed by atoms with Gasteiger partial charge in [-0.1, -0.05) is 32.3 Å². The van der Waals surface area contributed by atoms with Crippen molar-refractivity contribution >= 4 is 11.4 Å². The van der Waals surface area contributed by atoms with Gasteiger partial charge in [-0.25, -0.2) is 0 Å². The lowest BCUT2D eigenvalue weighted by molar-refractivity contribution is 0.268. The van der Waals surface area contributed by atoms with Crippen LogP contribution in [-0.2, 0) is 0 Å². The standard InChI is InChI=1S/C16H26N2O/c1-3-19-15-10-6-9-14(16(15)17)18-11-13-8-5-4-7-12(13)2/h6,9-10,12-13,18H,3-5,7-8,11,17H2,1-2H3. The van der Waals surface area contributed by atoms with Crippen molar-refractivity contribution in [1.29, 1.82) is 0 Å². The molecule has 3 heteroatoms. The van der Waals surface area contributed by atoms with Gasteiger partial charge in [0.05, 0.1) is 18.0 Å². The Morgan fingerprint density at radius 2 is 2.11 bits per heavy atom. The summed E-state index contributed by atoms with van der Waals surface area (Å²) in [6, 6.07) is 5.95. The maximum absolute atomic E-state index is 6.13. The fourth-order valence-corrected chi connectivity index (χ4v) is 2.92. The molecule has 19 heavy (non-hydrogen) atoms. The fraction of sp³-hybridized carbons (Fsp3) is 0.625. The molecule has 1 aromatic rings. The number of nitrogen functional groups attached to an aromatic ring is 1. The molecule has 106 valence electrons. The lowest BCUT2D eigenvalue weighted by Crippen LogP contribution is -2.24. The zero-order chi connectivity index (χ0) is 13.7. The minimum atomic E-state index is 0.646. The van der Waals surface area contributed by atoms with Crippen molar-refractivity contribution in [3.05, 3.63) is 18.2 Å². The van der Waals surface area contributed by atoms with Crippen LogP contribution in [-0.4, -0.2) is 13.2 Å². The second-order valence-electron chi connectivity index (χ2n) is 5.55. The molecule has 0 amide bonds. The van der Waals surface area contributed by atoms with Gasteiger partial charge in [-0.05, 0) is 37.3 Å². The monoisotopic (exact) mass is 262 g/mol. The quantitative estimate of drug-likeness (QED) is 0.791. The average Bonchev–Trinajstić information content (AvgIpc) is 2.42. The predicted octanol–water partition coefficient (Wildman–Crippen LogP) is 3.91. The topological polar surface area (TPSA) is 47.3 Å². The Kier molecular flexibility index (Phi) is 4.94. The number of nitrogens with one attached hydrogen (secondary N) is 1. The van der Waals surface area contributed by atoms with Crippen LogP contribution in [0.1, 0.15) is 39.5 Å². The first-order valence-electron chi connectivity index (χ1n) is 7.47. The summed E-state index contributed by atoms with van der Waals surface area (Å²) in [6.07, 6.45) is 5.45. The molecule has 2 atom stereocenters. The van der Waals surface area contributed by atoms with Gasteiger partial charge in [0.25, 0.3) is 0 Å². The van der Waals surface area contributed by atoms with E-state index in [0.29, 0.717) is 6.61 Å². The van der Waals surface area contributed by atoms with Crippen molar-refractivity contribution in [3.8, 4) is 5.75 Å². The Bertz CT molecular complexity index is 406. The van der Waals surface area contributed by atoms with Gasteiger partial charge in [-0.3, -0.25) is 0 Å². The van der Waals surface area contributed by atoms with E-state index in [1.165, 1.54) is 25.7 Å². The van der Waals surface area contributed by atoms with E-state index in [9.17, 15) is 0 Å². The Hall–Kier alpha value is -1.38. The molecule has 1 aliphatic carbocycles. The highest BCUT2D eigenvalue weighted by atomic mass is 16.5. The lowest BCUT2D eigenvalue weighted by atomic mass is 9.80. The van der Waals surface area contributed by atoms with Crippen LogP contribution in [0.2, 0.25) is 0 Å². The normalized spacial score (nSPS) is 23.1. The Morgan fingerprint density at radius 1 is 1.32 bits per heavy atom. The van der Waals surface area contributed by atoms with Crippen LogP contribution in [0.4, 0.5) is 11.4 Å². The smallest absolute Gasteiger partial charge is 0.144 e. The SMILES string of the molecule is CCOc1cccc(NCC2CCCCC2C)c1N. The van der Waals surface area contributed by atoms with E-state index in [1.807, 2.05) is 25.1 Å². The van der Waals surface area contributed by atoms with Crippen molar-refractivity contribution in [2.75, 3.05) is 24.2 Å². The van der Waals surface area contributed by atoms with E-state index in [2.05, 4.69) is 12.2 Å². The van der Waals surface area contributed by atoms with Gasteiger partial charge in [0, 0.05) is 6.54 Å². The summed E-state index contributed by atoms with van der Waals surface area (Å²) >= 11 is 0. The summed E-state index contributed by atoms with van der Waals surface area (Å²) in [6.45, 7) is 6.00. The minimum Gasteiger partial charge on any atom is -0.492 e. The van der Waals surface area contributed by atoms with Crippen LogP contribution in [0.15, 0.2) is 18.2 Å². The van der Waals surface area contributed by atoms with Crippen LogP contribution in [0, 0.1) is 11.8 Å². The average molecular weight is 262 g/mol. The third-order valence-electron chi connectivity index (χ3n) is 4.21. The Labute approximate surface area is 116 Å². The highest BCUT2D eigenvalue weighted by Gasteiger charge is 2.21. The highest BCUT2D eigenvalue weighted by Crippen LogP contribution is 2.32. The molecule has 2 rings (SSSR count). The summed E-state index contributed by atoms with van der Waals surface area (Å²) in [5.41, 5.74) is 7.87. The molecule has 0 aliphatic heterocycles. The first-order chi connectivity index (χ1) is 9.22. The molecule has 1 saturated carbocycles. The van der Waals surface area contributed by atoms with Crippen LogP contribution >= 0.6 is 0 Å². The maximum Gasteiger partial charge on any atom is 0.144 e. The largest absolute Gasteiger partial charge is 0.492 e. The summed E-state index contributed by atoms with van der Waals surface area (Å²) in [5.74, 6) is 2.37. The van der Waals surface area contributed by atoms with Gasteiger partial charge in [-0.2, -0.15) is 0 Å². The van der Waals surface area contributed by atoms with Crippen LogP contribution in [0.3, 0.4) is 0 Å². The van der Waals surface area contributed by atoms with Crippen LogP contribution in [0.5, 0.6) is 5.75 Å². The van der Waals surface area contributed by atoms with E-state index in [1.54, 1.807) is 0 Å².